The molecule has 0 aromatic rings. The Bertz CT molecular complexity index is 286. The number of hydrogen-bond donors (Lipinski definition) is 0. The number of ether oxygens (including phenoxy) is 1. The molecular formula is C9H12N2O2. The molecule has 0 saturated heterocycles. The van der Waals surface area contributed by atoms with Crippen LogP contribution in [0.15, 0.2) is 12.2 Å². The fraction of sp³-hybridized carbons (Fsp3) is 0.556. The lowest BCUT2D eigenvalue weighted by molar-refractivity contribution is -0.139. The molecule has 1 saturated carbocycles. The Morgan fingerprint density at radius 1 is 1.69 bits per heavy atom. The van der Waals surface area contributed by atoms with E-state index in [0.29, 0.717) is 11.5 Å². The summed E-state index contributed by atoms with van der Waals surface area (Å²) in [7, 11) is 0. The van der Waals surface area contributed by atoms with Gasteiger partial charge in [0, 0.05) is 5.57 Å². The Morgan fingerprint density at radius 2 is 2.31 bits per heavy atom. The first-order valence-electron chi connectivity index (χ1n) is 4.29. The second kappa shape index (κ2) is 4.01. The van der Waals surface area contributed by atoms with Crippen LogP contribution >= 0.6 is 0 Å². The van der Waals surface area contributed by atoms with Gasteiger partial charge in [0.1, 0.15) is 0 Å². The van der Waals surface area contributed by atoms with Crippen LogP contribution in [-0.2, 0) is 9.53 Å². The number of rotatable bonds is 4. The summed E-state index contributed by atoms with van der Waals surface area (Å²) >= 11 is 0. The monoisotopic (exact) mass is 180 g/mol. The van der Waals surface area contributed by atoms with E-state index in [1.54, 1.807) is 6.92 Å². The van der Waals surface area contributed by atoms with Crippen molar-refractivity contribution >= 4 is 11.7 Å². The first kappa shape index (κ1) is 9.68. The minimum atomic E-state index is -0.595. The number of esters is 1. The van der Waals surface area contributed by atoms with E-state index in [4.69, 9.17) is 10.3 Å². The van der Waals surface area contributed by atoms with E-state index < -0.39 is 5.97 Å². The van der Waals surface area contributed by atoms with E-state index in [2.05, 4.69) is 11.4 Å². The molecule has 0 atom stereocenters. The summed E-state index contributed by atoms with van der Waals surface area (Å²) in [6, 6.07) is 0. The van der Waals surface area contributed by atoms with Crippen molar-refractivity contribution in [1.29, 1.82) is 0 Å². The maximum Gasteiger partial charge on any atom is 0.421 e. The zero-order valence-electron chi connectivity index (χ0n) is 7.62. The maximum atomic E-state index is 11.2. The van der Waals surface area contributed by atoms with Crippen molar-refractivity contribution in [2.24, 2.45) is 5.92 Å². The molecular weight excluding hydrogens is 168 g/mol. The van der Waals surface area contributed by atoms with Gasteiger partial charge in [0.25, 0.3) is 0 Å². The van der Waals surface area contributed by atoms with Crippen LogP contribution in [0.2, 0.25) is 0 Å². The Labute approximate surface area is 76.8 Å². The lowest BCUT2D eigenvalue weighted by Gasteiger charge is -1.98. The van der Waals surface area contributed by atoms with Gasteiger partial charge in [-0.3, -0.25) is 0 Å². The fourth-order valence-corrected chi connectivity index (χ4v) is 1.06. The third-order valence-electron chi connectivity index (χ3n) is 1.94. The molecule has 0 bridgehead atoms. The van der Waals surface area contributed by atoms with E-state index in [9.17, 15) is 4.79 Å². The third-order valence-corrected chi connectivity index (χ3v) is 1.94. The Morgan fingerprint density at radius 3 is 2.69 bits per heavy atom. The average molecular weight is 180 g/mol. The van der Waals surface area contributed by atoms with Crippen molar-refractivity contribution in [3.8, 4) is 0 Å². The highest BCUT2D eigenvalue weighted by atomic mass is 16.5. The normalized spacial score (nSPS) is 14.5. The van der Waals surface area contributed by atoms with Gasteiger partial charge in [0.15, 0.2) is 0 Å². The molecule has 4 heteroatoms. The highest BCUT2D eigenvalue weighted by molar-refractivity contribution is 6.40. The van der Waals surface area contributed by atoms with Gasteiger partial charge in [-0.05, 0) is 25.7 Å². The fourth-order valence-electron chi connectivity index (χ4n) is 1.06. The Kier molecular flexibility index (Phi) is 2.98. The molecule has 0 unspecified atom stereocenters. The molecule has 0 aromatic carbocycles. The SMILES string of the molecule is C=C(C(=[N+]=[N-])C(=O)OCC)C1CC1. The van der Waals surface area contributed by atoms with E-state index in [0.717, 1.165) is 12.8 Å². The number of carbonyl (C=O) groups excluding carboxylic acids is 1. The molecule has 0 heterocycles. The molecule has 0 N–H and O–H groups in total. The minimum Gasteiger partial charge on any atom is -0.457 e. The first-order valence-corrected chi connectivity index (χ1v) is 4.29. The smallest absolute Gasteiger partial charge is 0.421 e. The van der Waals surface area contributed by atoms with Gasteiger partial charge in [-0.1, -0.05) is 6.58 Å². The average Bonchev–Trinajstić information content (AvgIpc) is 2.88. The van der Waals surface area contributed by atoms with Crippen LogP contribution in [0.4, 0.5) is 0 Å². The summed E-state index contributed by atoms with van der Waals surface area (Å²) in [5, 5.41) is 0. The second-order valence-corrected chi connectivity index (χ2v) is 2.97. The van der Waals surface area contributed by atoms with Gasteiger partial charge in [0.05, 0.1) is 6.61 Å². The second-order valence-electron chi connectivity index (χ2n) is 2.97. The molecule has 4 nitrogen and oxygen atoms in total. The lowest BCUT2D eigenvalue weighted by Crippen LogP contribution is -2.21. The van der Waals surface area contributed by atoms with Crippen LogP contribution < -0.4 is 0 Å². The van der Waals surface area contributed by atoms with Crippen molar-refractivity contribution < 1.29 is 14.3 Å². The van der Waals surface area contributed by atoms with Gasteiger partial charge in [-0.2, -0.15) is 4.79 Å². The Hall–Kier alpha value is -1.41. The third kappa shape index (κ3) is 2.26. The predicted octanol–water partition coefficient (Wildman–Crippen LogP) is 1.19. The van der Waals surface area contributed by atoms with Crippen LogP contribution in [0.3, 0.4) is 0 Å². The van der Waals surface area contributed by atoms with E-state index in [1.165, 1.54) is 0 Å². The number of nitrogens with zero attached hydrogens (tertiary/aromatic N) is 2. The summed E-state index contributed by atoms with van der Waals surface area (Å²) in [6.45, 7) is 5.67. The van der Waals surface area contributed by atoms with Gasteiger partial charge in [-0.15, -0.1) is 0 Å². The standard InChI is InChI=1S/C9H12N2O2/c1-3-13-9(12)8(11-10)6(2)7-4-5-7/h7H,2-5H2,1H3. The molecule has 13 heavy (non-hydrogen) atoms. The molecule has 1 aliphatic carbocycles. The summed E-state index contributed by atoms with van der Waals surface area (Å²) in [5.74, 6) is -0.294. The van der Waals surface area contributed by atoms with Crippen LogP contribution in [0.5, 0.6) is 0 Å². The molecule has 1 fully saturated rings. The van der Waals surface area contributed by atoms with Crippen LogP contribution in [0, 0.1) is 5.92 Å². The molecule has 0 aromatic heterocycles. The summed E-state index contributed by atoms with van der Waals surface area (Å²) in [4.78, 5) is 14.1. The van der Waals surface area contributed by atoms with Gasteiger partial charge in [-0.25, -0.2) is 4.79 Å². The van der Waals surface area contributed by atoms with Crippen molar-refractivity contribution in [3.05, 3.63) is 17.7 Å². The minimum absolute atomic E-state index is 0.0376. The Balaban J connectivity index is 2.67. The van der Waals surface area contributed by atoms with Crippen molar-refractivity contribution in [3.63, 3.8) is 0 Å². The van der Waals surface area contributed by atoms with E-state index in [1.807, 2.05) is 0 Å². The zero-order valence-corrected chi connectivity index (χ0v) is 7.62. The molecule has 1 aliphatic rings. The largest absolute Gasteiger partial charge is 0.457 e. The molecule has 0 radical (unpaired) electrons. The van der Waals surface area contributed by atoms with Crippen LogP contribution in [-0.4, -0.2) is 23.1 Å². The summed E-state index contributed by atoms with van der Waals surface area (Å²) < 4.78 is 4.70. The maximum absolute atomic E-state index is 11.2. The topological polar surface area (TPSA) is 62.7 Å². The number of hydrogen-bond acceptors (Lipinski definition) is 2. The van der Waals surface area contributed by atoms with E-state index in [-0.39, 0.29) is 12.3 Å². The quantitative estimate of drug-likeness (QED) is 0.282. The molecule has 70 valence electrons. The lowest BCUT2D eigenvalue weighted by atomic mass is 10.1. The molecule has 0 spiro atoms. The molecule has 0 aliphatic heterocycles. The summed E-state index contributed by atoms with van der Waals surface area (Å²) in [6.07, 6.45) is 2.02. The van der Waals surface area contributed by atoms with Crippen LogP contribution in [0.1, 0.15) is 19.8 Å². The predicted molar refractivity (Wildman–Crippen MR) is 47.1 cm³/mol. The van der Waals surface area contributed by atoms with Gasteiger partial charge >= 0.3 is 11.7 Å². The zero-order chi connectivity index (χ0) is 9.84. The van der Waals surface area contributed by atoms with Crippen LogP contribution in [0.25, 0.3) is 5.53 Å². The van der Waals surface area contributed by atoms with E-state index >= 15 is 0 Å². The van der Waals surface area contributed by atoms with Crippen molar-refractivity contribution in [2.75, 3.05) is 6.61 Å². The van der Waals surface area contributed by atoms with Crippen molar-refractivity contribution in [2.45, 2.75) is 19.8 Å². The first-order chi connectivity index (χ1) is 6.20. The summed E-state index contributed by atoms with van der Waals surface area (Å²) in [5.41, 5.74) is 9.14. The van der Waals surface area contributed by atoms with Gasteiger partial charge < -0.3 is 10.3 Å². The molecule has 1 rings (SSSR count). The highest BCUT2D eigenvalue weighted by Gasteiger charge is 2.36. The number of carbonyl (C=O) groups is 1. The highest BCUT2D eigenvalue weighted by Crippen LogP contribution is 2.35. The van der Waals surface area contributed by atoms with Gasteiger partial charge in [0.2, 0.25) is 0 Å². The van der Waals surface area contributed by atoms with Crippen molar-refractivity contribution in [1.82, 2.24) is 0 Å². The molecule has 0 amide bonds.